The molecule has 0 radical (unpaired) electrons. The molecule has 3 aromatic rings. The maximum Gasteiger partial charge on any atom is 0.253 e. The monoisotopic (exact) mass is 575 g/mol. The average Bonchev–Trinajstić information content (AvgIpc) is 2.91. The van der Waals surface area contributed by atoms with Crippen molar-refractivity contribution < 1.29 is 17.9 Å². The van der Waals surface area contributed by atoms with E-state index in [2.05, 4.69) is 11.8 Å². The van der Waals surface area contributed by atoms with E-state index in [0.29, 0.717) is 59.7 Å². The molecule has 1 aliphatic heterocycles. The number of aryl methyl sites for hydroxylation is 1. The lowest BCUT2D eigenvalue weighted by Gasteiger charge is -2.37. The average molecular weight is 577 g/mol. The number of piperazine rings is 1. The zero-order chi connectivity index (χ0) is 27.4. The molecule has 1 heterocycles. The molecule has 3 aromatic carbocycles. The molecule has 0 bridgehead atoms. The second kappa shape index (κ2) is 11.9. The first kappa shape index (κ1) is 28.2. The van der Waals surface area contributed by atoms with Gasteiger partial charge in [-0.25, -0.2) is 8.42 Å². The summed E-state index contributed by atoms with van der Waals surface area (Å²) in [4.78, 5) is 17.6. The third-order valence-corrected chi connectivity index (χ3v) is 8.91. The maximum atomic E-state index is 13.4. The molecule has 1 fully saturated rings. The number of anilines is 1. The van der Waals surface area contributed by atoms with Crippen molar-refractivity contribution in [1.29, 1.82) is 0 Å². The molecule has 0 saturated carbocycles. The van der Waals surface area contributed by atoms with Gasteiger partial charge in [-0.3, -0.25) is 4.79 Å². The third-order valence-electron chi connectivity index (χ3n) is 6.60. The Morgan fingerprint density at radius 3 is 2.26 bits per heavy atom. The number of rotatable bonds is 8. The Hall–Kier alpha value is -2.78. The third kappa shape index (κ3) is 6.26. The molecule has 1 amide bonds. The highest BCUT2D eigenvalue weighted by Crippen LogP contribution is 2.28. The van der Waals surface area contributed by atoms with E-state index in [1.54, 1.807) is 30.3 Å². The highest BCUT2D eigenvalue weighted by atomic mass is 35.5. The molecular weight excluding hydrogens is 545 g/mol. The van der Waals surface area contributed by atoms with Crippen molar-refractivity contribution in [1.82, 2.24) is 9.21 Å². The van der Waals surface area contributed by atoms with Crippen LogP contribution in [0.5, 0.6) is 5.75 Å². The molecule has 10 heteroatoms. The van der Waals surface area contributed by atoms with Gasteiger partial charge in [0.2, 0.25) is 10.0 Å². The first-order valence-electron chi connectivity index (χ1n) is 12.4. The topological polar surface area (TPSA) is 70.2 Å². The van der Waals surface area contributed by atoms with Gasteiger partial charge >= 0.3 is 0 Å². The number of sulfonamides is 1. The summed E-state index contributed by atoms with van der Waals surface area (Å²) in [5.41, 5.74) is 3.33. The van der Waals surface area contributed by atoms with Gasteiger partial charge < -0.3 is 14.5 Å². The summed E-state index contributed by atoms with van der Waals surface area (Å²) in [5.74, 6) is 0.448. The van der Waals surface area contributed by atoms with Crippen LogP contribution in [0.4, 0.5) is 5.69 Å². The SMILES string of the molecule is CCOc1ccc(C(=O)N2CCN(c3cc(Cl)ccc3C)CC2)cc1CN(C)S(=O)(=O)c1ccc(Cl)cc1. The minimum Gasteiger partial charge on any atom is -0.494 e. The number of carbonyl (C=O) groups is 1. The molecule has 0 atom stereocenters. The first-order valence-corrected chi connectivity index (χ1v) is 14.6. The van der Waals surface area contributed by atoms with E-state index < -0.39 is 10.0 Å². The maximum absolute atomic E-state index is 13.4. The minimum absolute atomic E-state index is 0.0449. The molecular formula is C28H31Cl2N3O4S. The van der Waals surface area contributed by atoms with E-state index in [9.17, 15) is 13.2 Å². The van der Waals surface area contributed by atoms with Crippen molar-refractivity contribution in [2.24, 2.45) is 0 Å². The van der Waals surface area contributed by atoms with E-state index in [1.807, 2.05) is 30.0 Å². The Labute approximate surface area is 234 Å². The van der Waals surface area contributed by atoms with Gasteiger partial charge in [-0.05, 0) is 74.0 Å². The smallest absolute Gasteiger partial charge is 0.253 e. The van der Waals surface area contributed by atoms with Crippen LogP contribution in [0.3, 0.4) is 0 Å². The first-order chi connectivity index (χ1) is 18.1. The van der Waals surface area contributed by atoms with E-state index in [-0.39, 0.29) is 17.3 Å². The summed E-state index contributed by atoms with van der Waals surface area (Å²) in [6, 6.07) is 17.1. The van der Waals surface area contributed by atoms with Crippen molar-refractivity contribution in [3.8, 4) is 5.75 Å². The summed E-state index contributed by atoms with van der Waals surface area (Å²) in [6.07, 6.45) is 0. The fraction of sp³-hybridized carbons (Fsp3) is 0.321. The molecule has 0 aromatic heterocycles. The highest BCUT2D eigenvalue weighted by Gasteiger charge is 2.26. The quantitative estimate of drug-likeness (QED) is 0.355. The van der Waals surface area contributed by atoms with Gasteiger partial charge in [0.25, 0.3) is 5.91 Å². The Balaban J connectivity index is 1.50. The second-order valence-electron chi connectivity index (χ2n) is 9.18. The molecule has 7 nitrogen and oxygen atoms in total. The predicted molar refractivity (Wildman–Crippen MR) is 152 cm³/mol. The zero-order valence-corrected chi connectivity index (χ0v) is 24.0. The molecule has 1 saturated heterocycles. The van der Waals surface area contributed by atoms with E-state index in [1.165, 1.54) is 23.5 Å². The van der Waals surface area contributed by atoms with E-state index >= 15 is 0 Å². The summed E-state index contributed by atoms with van der Waals surface area (Å²) in [5, 5.41) is 1.15. The van der Waals surface area contributed by atoms with Crippen molar-refractivity contribution in [2.45, 2.75) is 25.3 Å². The molecule has 0 N–H and O–H groups in total. The summed E-state index contributed by atoms with van der Waals surface area (Å²) in [7, 11) is -2.26. The fourth-order valence-electron chi connectivity index (χ4n) is 4.50. The van der Waals surface area contributed by atoms with Gasteiger partial charge in [-0.15, -0.1) is 0 Å². The molecule has 0 aliphatic carbocycles. The van der Waals surface area contributed by atoms with Crippen LogP contribution in [0.1, 0.15) is 28.4 Å². The van der Waals surface area contributed by atoms with Crippen LogP contribution in [-0.4, -0.2) is 63.4 Å². The zero-order valence-electron chi connectivity index (χ0n) is 21.7. The lowest BCUT2D eigenvalue weighted by molar-refractivity contribution is 0.0746. The Morgan fingerprint density at radius 1 is 0.947 bits per heavy atom. The summed E-state index contributed by atoms with van der Waals surface area (Å²) < 4.78 is 33.3. The molecule has 0 spiro atoms. The Morgan fingerprint density at radius 2 is 1.61 bits per heavy atom. The number of hydrogen-bond acceptors (Lipinski definition) is 5. The van der Waals surface area contributed by atoms with Crippen LogP contribution >= 0.6 is 23.2 Å². The number of ether oxygens (including phenoxy) is 1. The van der Waals surface area contributed by atoms with E-state index in [4.69, 9.17) is 27.9 Å². The van der Waals surface area contributed by atoms with Crippen LogP contribution in [0.25, 0.3) is 0 Å². The minimum atomic E-state index is -3.77. The van der Waals surface area contributed by atoms with Crippen LogP contribution in [0, 0.1) is 6.92 Å². The molecule has 0 unspecified atom stereocenters. The summed E-state index contributed by atoms with van der Waals surface area (Å²) >= 11 is 12.1. The van der Waals surface area contributed by atoms with Gasteiger partial charge in [-0.1, -0.05) is 29.3 Å². The Kier molecular flexibility index (Phi) is 8.88. The number of halogens is 2. The second-order valence-corrected chi connectivity index (χ2v) is 12.1. The Bertz CT molecular complexity index is 1410. The number of nitrogens with zero attached hydrogens (tertiary/aromatic N) is 3. The predicted octanol–water partition coefficient (Wildman–Crippen LogP) is 5.48. The van der Waals surface area contributed by atoms with Gasteiger partial charge in [-0.2, -0.15) is 4.31 Å². The number of carbonyl (C=O) groups excluding carboxylic acids is 1. The standard InChI is InChI=1S/C28H31Cl2N3O4S/c1-4-37-27-12-6-21(17-22(27)19-31(3)38(35,36)25-10-8-23(29)9-11-25)28(34)33-15-13-32(14-16-33)26-18-24(30)7-5-20(26)2/h5-12,17-18H,4,13-16,19H2,1-3H3. The van der Waals surface area contributed by atoms with Crippen LogP contribution in [0.15, 0.2) is 65.6 Å². The van der Waals surface area contributed by atoms with Crippen LogP contribution in [-0.2, 0) is 16.6 Å². The normalized spacial score (nSPS) is 14.2. The van der Waals surface area contributed by atoms with Gasteiger partial charge in [0.1, 0.15) is 5.75 Å². The lowest BCUT2D eigenvalue weighted by Crippen LogP contribution is -2.49. The van der Waals surface area contributed by atoms with Crippen molar-refractivity contribution >= 4 is 44.8 Å². The van der Waals surface area contributed by atoms with Gasteiger partial charge in [0, 0.05) is 66.6 Å². The van der Waals surface area contributed by atoms with Crippen LogP contribution in [0.2, 0.25) is 10.0 Å². The summed E-state index contributed by atoms with van der Waals surface area (Å²) in [6.45, 7) is 6.89. The van der Waals surface area contributed by atoms with Crippen LogP contribution < -0.4 is 9.64 Å². The number of hydrogen-bond donors (Lipinski definition) is 0. The van der Waals surface area contributed by atoms with Gasteiger partial charge in [0.15, 0.2) is 0 Å². The fourth-order valence-corrected chi connectivity index (χ4v) is 5.94. The van der Waals surface area contributed by atoms with Crippen molar-refractivity contribution in [2.75, 3.05) is 44.7 Å². The van der Waals surface area contributed by atoms with Crippen molar-refractivity contribution in [3.63, 3.8) is 0 Å². The number of amides is 1. The molecule has 38 heavy (non-hydrogen) atoms. The van der Waals surface area contributed by atoms with Crippen molar-refractivity contribution in [3.05, 3.63) is 87.4 Å². The lowest BCUT2D eigenvalue weighted by atomic mass is 10.1. The molecule has 1 aliphatic rings. The van der Waals surface area contributed by atoms with Gasteiger partial charge in [0.05, 0.1) is 11.5 Å². The largest absolute Gasteiger partial charge is 0.494 e. The highest BCUT2D eigenvalue weighted by molar-refractivity contribution is 7.89. The number of benzene rings is 3. The van der Waals surface area contributed by atoms with E-state index in [0.717, 1.165) is 11.3 Å². The molecule has 4 rings (SSSR count). The molecule has 202 valence electrons.